The molecule has 0 bridgehead atoms. The number of hydrogen-bond acceptors (Lipinski definition) is 5. The quantitative estimate of drug-likeness (QED) is 0.413. The van der Waals surface area contributed by atoms with Crippen LogP contribution in [0.25, 0.3) is 0 Å². The van der Waals surface area contributed by atoms with Gasteiger partial charge in [0.1, 0.15) is 11.9 Å². The van der Waals surface area contributed by atoms with E-state index in [1.54, 1.807) is 4.90 Å². The lowest BCUT2D eigenvalue weighted by atomic mass is 10.1. The number of nitrogen functional groups attached to an aromatic ring is 1. The van der Waals surface area contributed by atoms with Gasteiger partial charge in [0.2, 0.25) is 0 Å². The second-order valence-corrected chi connectivity index (χ2v) is 7.09. The Balaban J connectivity index is 1.84. The standard InChI is InChI=1S/C20H20F6N4O2/c21-11-5-6-30(10-11)17-8-16(28-9-18(22)23)15(27)7-14(17)19(31)29-12-1-3-13(4-2-12)32-20(24,25)26/h1-4,7-8,11,18,28H,5-6,9-10,27H2,(H,29,31). The van der Waals surface area contributed by atoms with Crippen molar-refractivity contribution in [3.8, 4) is 5.75 Å². The molecule has 2 aromatic rings. The molecule has 1 aliphatic rings. The Morgan fingerprint density at radius 2 is 1.91 bits per heavy atom. The fourth-order valence-corrected chi connectivity index (χ4v) is 3.26. The van der Waals surface area contributed by atoms with Crippen LogP contribution in [0.15, 0.2) is 36.4 Å². The van der Waals surface area contributed by atoms with Crippen LogP contribution in [0.4, 0.5) is 49.1 Å². The normalized spacial score (nSPS) is 16.3. The molecule has 174 valence electrons. The summed E-state index contributed by atoms with van der Waals surface area (Å²) in [7, 11) is 0. The van der Waals surface area contributed by atoms with Gasteiger partial charge in [-0.05, 0) is 42.8 Å². The van der Waals surface area contributed by atoms with Crippen molar-refractivity contribution in [3.05, 3.63) is 42.0 Å². The van der Waals surface area contributed by atoms with Gasteiger partial charge >= 0.3 is 6.36 Å². The number of nitrogens with two attached hydrogens (primary N) is 1. The lowest BCUT2D eigenvalue weighted by molar-refractivity contribution is -0.274. The number of rotatable bonds is 7. The Kier molecular flexibility index (Phi) is 6.90. The number of carbonyl (C=O) groups is 1. The van der Waals surface area contributed by atoms with Crippen LogP contribution in [0.1, 0.15) is 16.8 Å². The Morgan fingerprint density at radius 1 is 1.22 bits per heavy atom. The van der Waals surface area contributed by atoms with E-state index in [2.05, 4.69) is 15.4 Å². The first-order chi connectivity index (χ1) is 15.0. The zero-order chi connectivity index (χ0) is 23.5. The van der Waals surface area contributed by atoms with Crippen LogP contribution in [0.5, 0.6) is 5.75 Å². The van der Waals surface area contributed by atoms with Crippen molar-refractivity contribution in [2.24, 2.45) is 0 Å². The SMILES string of the molecule is Nc1cc(C(=O)Nc2ccc(OC(F)(F)F)cc2)c(N2CCC(F)C2)cc1NCC(F)F. The Morgan fingerprint density at radius 3 is 2.47 bits per heavy atom. The summed E-state index contributed by atoms with van der Waals surface area (Å²) in [6, 6.07) is 7.19. The molecule has 0 aromatic heterocycles. The van der Waals surface area contributed by atoms with E-state index in [1.807, 2.05) is 0 Å². The third-order valence-electron chi connectivity index (χ3n) is 4.68. The van der Waals surface area contributed by atoms with E-state index < -0.39 is 37.2 Å². The number of carbonyl (C=O) groups excluding carboxylic acids is 1. The van der Waals surface area contributed by atoms with E-state index >= 15 is 0 Å². The first kappa shape index (κ1) is 23.4. The van der Waals surface area contributed by atoms with E-state index in [0.29, 0.717) is 12.2 Å². The topological polar surface area (TPSA) is 79.6 Å². The molecule has 1 fully saturated rings. The van der Waals surface area contributed by atoms with Crippen molar-refractivity contribution >= 4 is 28.7 Å². The molecule has 1 saturated heterocycles. The molecular formula is C20H20F6N4O2. The molecule has 1 aliphatic heterocycles. The number of nitrogens with zero attached hydrogens (tertiary/aromatic N) is 1. The number of ether oxygens (including phenoxy) is 1. The minimum absolute atomic E-state index is 0.0158. The van der Waals surface area contributed by atoms with Crippen LogP contribution < -0.4 is 26.0 Å². The van der Waals surface area contributed by atoms with Crippen molar-refractivity contribution in [1.82, 2.24) is 0 Å². The highest BCUT2D eigenvalue weighted by molar-refractivity contribution is 6.09. The number of anilines is 4. The number of amides is 1. The van der Waals surface area contributed by atoms with Gasteiger partial charge in [-0.3, -0.25) is 4.79 Å². The Bertz CT molecular complexity index is 952. The maximum atomic E-state index is 13.8. The lowest BCUT2D eigenvalue weighted by Crippen LogP contribution is -2.25. The fourth-order valence-electron chi connectivity index (χ4n) is 3.26. The summed E-state index contributed by atoms with van der Waals surface area (Å²) < 4.78 is 79.5. The molecule has 12 heteroatoms. The number of benzene rings is 2. The van der Waals surface area contributed by atoms with E-state index in [4.69, 9.17) is 5.73 Å². The summed E-state index contributed by atoms with van der Waals surface area (Å²) in [5, 5.41) is 5.02. The lowest BCUT2D eigenvalue weighted by Gasteiger charge is -2.23. The molecule has 2 aromatic carbocycles. The van der Waals surface area contributed by atoms with Gasteiger partial charge in [-0.2, -0.15) is 0 Å². The van der Waals surface area contributed by atoms with Crippen LogP contribution >= 0.6 is 0 Å². The summed E-state index contributed by atoms with van der Waals surface area (Å²) >= 11 is 0. The first-order valence-corrected chi connectivity index (χ1v) is 9.53. The van der Waals surface area contributed by atoms with E-state index in [9.17, 15) is 31.1 Å². The fraction of sp³-hybridized carbons (Fsp3) is 0.350. The summed E-state index contributed by atoms with van der Waals surface area (Å²) in [6.07, 6.45) is -8.35. The first-order valence-electron chi connectivity index (χ1n) is 9.53. The molecule has 1 heterocycles. The van der Waals surface area contributed by atoms with Crippen LogP contribution in [0.3, 0.4) is 0 Å². The maximum absolute atomic E-state index is 13.8. The predicted molar refractivity (Wildman–Crippen MR) is 108 cm³/mol. The van der Waals surface area contributed by atoms with Crippen molar-refractivity contribution in [2.75, 3.05) is 40.9 Å². The molecule has 0 aliphatic carbocycles. The monoisotopic (exact) mass is 462 g/mol. The Labute approximate surface area is 179 Å². The van der Waals surface area contributed by atoms with Crippen LogP contribution in [-0.2, 0) is 0 Å². The molecule has 0 spiro atoms. The molecule has 32 heavy (non-hydrogen) atoms. The molecule has 1 unspecified atom stereocenters. The highest BCUT2D eigenvalue weighted by Crippen LogP contribution is 2.34. The van der Waals surface area contributed by atoms with Gasteiger partial charge in [0, 0.05) is 18.8 Å². The van der Waals surface area contributed by atoms with Crippen LogP contribution in [-0.4, -0.2) is 44.5 Å². The molecule has 1 atom stereocenters. The van der Waals surface area contributed by atoms with E-state index in [-0.39, 0.29) is 35.6 Å². The molecule has 0 saturated carbocycles. The van der Waals surface area contributed by atoms with Crippen LogP contribution in [0, 0.1) is 0 Å². The van der Waals surface area contributed by atoms with Gasteiger partial charge in [0.25, 0.3) is 12.3 Å². The summed E-state index contributed by atoms with van der Waals surface area (Å²) in [5.74, 6) is -1.11. The van der Waals surface area contributed by atoms with Gasteiger partial charge in [-0.1, -0.05) is 0 Å². The van der Waals surface area contributed by atoms with Crippen molar-refractivity contribution < 1.29 is 35.9 Å². The van der Waals surface area contributed by atoms with Crippen LogP contribution in [0.2, 0.25) is 0 Å². The highest BCUT2D eigenvalue weighted by atomic mass is 19.4. The van der Waals surface area contributed by atoms with Gasteiger partial charge in [0.15, 0.2) is 0 Å². The minimum Gasteiger partial charge on any atom is -0.406 e. The smallest absolute Gasteiger partial charge is 0.406 e. The maximum Gasteiger partial charge on any atom is 0.573 e. The second kappa shape index (κ2) is 9.45. The van der Waals surface area contributed by atoms with Gasteiger partial charge in [-0.25, -0.2) is 13.2 Å². The summed E-state index contributed by atoms with van der Waals surface area (Å²) in [4.78, 5) is 14.5. The van der Waals surface area contributed by atoms with Gasteiger partial charge < -0.3 is 26.0 Å². The third kappa shape index (κ3) is 6.11. The average molecular weight is 462 g/mol. The number of hydrogen-bond donors (Lipinski definition) is 3. The molecular weight excluding hydrogens is 442 g/mol. The van der Waals surface area contributed by atoms with Gasteiger partial charge in [-0.15, -0.1) is 13.2 Å². The third-order valence-corrected chi connectivity index (χ3v) is 4.68. The highest BCUT2D eigenvalue weighted by Gasteiger charge is 2.31. The molecule has 4 N–H and O–H groups in total. The van der Waals surface area contributed by atoms with Gasteiger partial charge in [0.05, 0.1) is 29.2 Å². The zero-order valence-corrected chi connectivity index (χ0v) is 16.6. The van der Waals surface area contributed by atoms with E-state index in [0.717, 1.165) is 12.1 Å². The molecule has 6 nitrogen and oxygen atoms in total. The summed E-state index contributed by atoms with van der Waals surface area (Å²) in [5.41, 5.74) is 6.66. The average Bonchev–Trinajstić information content (AvgIpc) is 3.13. The van der Waals surface area contributed by atoms with Crippen molar-refractivity contribution in [3.63, 3.8) is 0 Å². The molecule has 3 rings (SSSR count). The second-order valence-electron chi connectivity index (χ2n) is 7.09. The Hall–Kier alpha value is -3.31. The number of alkyl halides is 6. The molecule has 0 radical (unpaired) electrons. The molecule has 1 amide bonds. The number of nitrogens with one attached hydrogen (secondary N) is 2. The predicted octanol–water partition coefficient (Wildman–Crippen LogP) is 4.64. The summed E-state index contributed by atoms with van der Waals surface area (Å²) in [6.45, 7) is -0.335. The van der Waals surface area contributed by atoms with Crippen molar-refractivity contribution in [2.45, 2.75) is 25.4 Å². The largest absolute Gasteiger partial charge is 0.573 e. The number of halogens is 6. The zero-order valence-electron chi connectivity index (χ0n) is 16.6. The van der Waals surface area contributed by atoms with E-state index in [1.165, 1.54) is 24.3 Å². The van der Waals surface area contributed by atoms with Crippen molar-refractivity contribution in [1.29, 1.82) is 0 Å². The minimum atomic E-state index is -4.85.